The lowest BCUT2D eigenvalue weighted by molar-refractivity contribution is -0.118. The molecule has 0 saturated carbocycles. The third kappa shape index (κ3) is 2.64. The standard InChI is InChI=1S/C15H11Br2ClN2O2/c1-22-10-4-2-9(3-5-10)8-20-12-7-19-13(18)6-11(12)15(16,17)14(20)21/h2-7H,8H2,1H3. The average molecular weight is 447 g/mol. The Bertz CT molecular complexity index is 735. The number of nitrogens with zero attached hydrogens (tertiary/aromatic N) is 2. The van der Waals surface area contributed by atoms with Crippen LogP contribution in [0.25, 0.3) is 0 Å². The SMILES string of the molecule is COc1ccc(CN2C(=O)C(Br)(Br)c3cc(Cl)ncc32)cc1. The highest BCUT2D eigenvalue weighted by Crippen LogP contribution is 2.51. The molecule has 0 radical (unpaired) electrons. The number of hydrogen-bond acceptors (Lipinski definition) is 3. The number of carbonyl (C=O) groups is 1. The van der Waals surface area contributed by atoms with Crippen LogP contribution in [0.15, 0.2) is 36.5 Å². The van der Waals surface area contributed by atoms with Gasteiger partial charge in [0.05, 0.1) is 25.5 Å². The number of rotatable bonds is 3. The van der Waals surface area contributed by atoms with Gasteiger partial charge in [0, 0.05) is 5.56 Å². The summed E-state index contributed by atoms with van der Waals surface area (Å²) >= 11 is 12.8. The van der Waals surface area contributed by atoms with Crippen molar-refractivity contribution >= 4 is 55.1 Å². The lowest BCUT2D eigenvalue weighted by Gasteiger charge is -2.18. The van der Waals surface area contributed by atoms with Gasteiger partial charge in [0.2, 0.25) is 0 Å². The smallest absolute Gasteiger partial charge is 0.259 e. The summed E-state index contributed by atoms with van der Waals surface area (Å²) in [5, 5.41) is 0.348. The number of carbonyl (C=O) groups excluding carboxylic acids is 1. The van der Waals surface area contributed by atoms with Crippen LogP contribution in [0.3, 0.4) is 0 Å². The minimum Gasteiger partial charge on any atom is -0.497 e. The van der Waals surface area contributed by atoms with E-state index in [1.165, 1.54) is 0 Å². The average Bonchev–Trinajstić information content (AvgIpc) is 2.69. The van der Waals surface area contributed by atoms with Crippen LogP contribution < -0.4 is 9.64 Å². The molecule has 2 heterocycles. The molecule has 22 heavy (non-hydrogen) atoms. The summed E-state index contributed by atoms with van der Waals surface area (Å²) in [5.74, 6) is 0.670. The van der Waals surface area contributed by atoms with Crippen LogP contribution in [0.4, 0.5) is 5.69 Å². The second kappa shape index (κ2) is 5.83. The zero-order valence-electron chi connectivity index (χ0n) is 11.5. The number of benzene rings is 1. The predicted octanol–water partition coefficient (Wildman–Crippen LogP) is 4.23. The van der Waals surface area contributed by atoms with Gasteiger partial charge in [-0.15, -0.1) is 0 Å². The van der Waals surface area contributed by atoms with E-state index >= 15 is 0 Å². The van der Waals surface area contributed by atoms with Gasteiger partial charge in [-0.25, -0.2) is 4.98 Å². The van der Waals surface area contributed by atoms with Crippen LogP contribution in [0.5, 0.6) is 5.75 Å². The van der Waals surface area contributed by atoms with Crippen LogP contribution in [0, 0.1) is 0 Å². The van der Waals surface area contributed by atoms with Gasteiger partial charge in [-0.05, 0) is 23.8 Å². The quantitative estimate of drug-likeness (QED) is 0.523. The highest BCUT2D eigenvalue weighted by molar-refractivity contribution is 9.25. The lowest BCUT2D eigenvalue weighted by Crippen LogP contribution is -2.32. The first-order valence-electron chi connectivity index (χ1n) is 6.42. The number of fused-ring (bicyclic) bond motifs is 1. The van der Waals surface area contributed by atoms with Crippen molar-refractivity contribution in [2.45, 2.75) is 9.78 Å². The number of pyridine rings is 1. The van der Waals surface area contributed by atoms with Crippen LogP contribution >= 0.6 is 43.5 Å². The normalized spacial score (nSPS) is 15.8. The number of anilines is 1. The van der Waals surface area contributed by atoms with E-state index in [0.717, 1.165) is 22.6 Å². The van der Waals surface area contributed by atoms with Crippen molar-refractivity contribution in [3.05, 3.63) is 52.8 Å². The van der Waals surface area contributed by atoms with E-state index in [9.17, 15) is 4.79 Å². The Labute approximate surface area is 149 Å². The van der Waals surface area contributed by atoms with E-state index in [1.54, 1.807) is 24.3 Å². The first-order chi connectivity index (χ1) is 10.4. The first-order valence-corrected chi connectivity index (χ1v) is 8.38. The molecule has 0 bridgehead atoms. The Kier molecular flexibility index (Phi) is 4.18. The molecule has 1 aromatic heterocycles. The number of methoxy groups -OCH3 is 1. The van der Waals surface area contributed by atoms with Crippen molar-refractivity contribution < 1.29 is 9.53 Å². The maximum absolute atomic E-state index is 12.7. The Morgan fingerprint density at radius 2 is 2.00 bits per heavy atom. The number of amides is 1. The fourth-order valence-electron chi connectivity index (χ4n) is 2.35. The monoisotopic (exact) mass is 444 g/mol. The van der Waals surface area contributed by atoms with Crippen LogP contribution in [0.1, 0.15) is 11.1 Å². The molecule has 0 N–H and O–H groups in total. The molecule has 0 saturated heterocycles. The zero-order valence-corrected chi connectivity index (χ0v) is 15.4. The summed E-state index contributed by atoms with van der Waals surface area (Å²) in [7, 11) is 1.62. The molecule has 0 fully saturated rings. The molecule has 4 nitrogen and oxygen atoms in total. The highest BCUT2D eigenvalue weighted by atomic mass is 79.9. The molecule has 1 amide bonds. The minimum absolute atomic E-state index is 0.109. The number of ether oxygens (including phenoxy) is 1. The van der Waals surface area contributed by atoms with Crippen LogP contribution in [-0.4, -0.2) is 18.0 Å². The maximum atomic E-state index is 12.7. The lowest BCUT2D eigenvalue weighted by atomic mass is 10.2. The largest absolute Gasteiger partial charge is 0.497 e. The molecule has 0 unspecified atom stereocenters. The zero-order chi connectivity index (χ0) is 15.9. The van der Waals surface area contributed by atoms with Gasteiger partial charge in [0.25, 0.3) is 5.91 Å². The second-order valence-electron chi connectivity index (χ2n) is 4.84. The van der Waals surface area contributed by atoms with Crippen molar-refractivity contribution in [3.63, 3.8) is 0 Å². The summed E-state index contributed by atoms with van der Waals surface area (Å²) in [6.45, 7) is 0.443. The van der Waals surface area contributed by atoms with E-state index < -0.39 is 3.23 Å². The Hall–Kier alpha value is -1.11. The number of alkyl halides is 2. The molecule has 0 spiro atoms. The Morgan fingerprint density at radius 3 is 2.64 bits per heavy atom. The molecule has 3 rings (SSSR count). The summed E-state index contributed by atoms with van der Waals surface area (Å²) in [4.78, 5) is 18.4. The van der Waals surface area contributed by atoms with Gasteiger partial charge < -0.3 is 9.64 Å². The van der Waals surface area contributed by atoms with Gasteiger partial charge >= 0.3 is 0 Å². The predicted molar refractivity (Wildman–Crippen MR) is 93.0 cm³/mol. The molecule has 0 aliphatic carbocycles. The van der Waals surface area contributed by atoms with Gasteiger partial charge in [-0.1, -0.05) is 55.6 Å². The summed E-state index contributed by atoms with van der Waals surface area (Å²) in [5.41, 5.74) is 2.48. The van der Waals surface area contributed by atoms with Crippen molar-refractivity contribution in [1.29, 1.82) is 0 Å². The highest BCUT2D eigenvalue weighted by Gasteiger charge is 2.47. The third-order valence-corrected chi connectivity index (χ3v) is 5.23. The second-order valence-corrected chi connectivity index (χ2v) is 8.67. The summed E-state index contributed by atoms with van der Waals surface area (Å²) in [6, 6.07) is 9.28. The van der Waals surface area contributed by atoms with Gasteiger partial charge in [-0.3, -0.25) is 4.79 Å². The molecule has 1 aliphatic heterocycles. The Morgan fingerprint density at radius 1 is 1.32 bits per heavy atom. The molecular weight excluding hydrogens is 435 g/mol. The third-order valence-electron chi connectivity index (χ3n) is 3.49. The number of halogens is 3. The summed E-state index contributed by atoms with van der Waals surface area (Å²) in [6.07, 6.45) is 1.61. The maximum Gasteiger partial charge on any atom is 0.259 e. The van der Waals surface area contributed by atoms with E-state index in [1.807, 2.05) is 24.3 Å². The van der Waals surface area contributed by atoms with Gasteiger partial charge in [0.15, 0.2) is 3.23 Å². The molecule has 7 heteroatoms. The van der Waals surface area contributed by atoms with E-state index in [2.05, 4.69) is 36.8 Å². The molecule has 2 aromatic rings. The Balaban J connectivity index is 1.96. The molecule has 114 valence electrons. The van der Waals surface area contributed by atoms with Crippen molar-refractivity contribution in [3.8, 4) is 5.75 Å². The first kappa shape index (κ1) is 15.8. The van der Waals surface area contributed by atoms with E-state index in [-0.39, 0.29) is 5.91 Å². The van der Waals surface area contributed by atoms with Gasteiger partial charge in [0.1, 0.15) is 10.9 Å². The molecule has 0 atom stereocenters. The number of hydrogen-bond donors (Lipinski definition) is 0. The molecule has 1 aliphatic rings. The number of aromatic nitrogens is 1. The van der Waals surface area contributed by atoms with Crippen molar-refractivity contribution in [2.24, 2.45) is 0 Å². The fourth-order valence-corrected chi connectivity index (χ4v) is 3.57. The topological polar surface area (TPSA) is 42.4 Å². The summed E-state index contributed by atoms with van der Waals surface area (Å²) < 4.78 is 4.18. The minimum atomic E-state index is -0.964. The van der Waals surface area contributed by atoms with Crippen molar-refractivity contribution in [2.75, 3.05) is 12.0 Å². The van der Waals surface area contributed by atoms with E-state index in [4.69, 9.17) is 16.3 Å². The van der Waals surface area contributed by atoms with E-state index in [0.29, 0.717) is 11.7 Å². The van der Waals surface area contributed by atoms with Crippen LogP contribution in [0.2, 0.25) is 5.15 Å². The van der Waals surface area contributed by atoms with Crippen molar-refractivity contribution in [1.82, 2.24) is 4.98 Å². The molecule has 1 aromatic carbocycles. The van der Waals surface area contributed by atoms with Gasteiger partial charge in [-0.2, -0.15) is 0 Å². The van der Waals surface area contributed by atoms with Crippen LogP contribution in [-0.2, 0) is 14.6 Å². The molecular formula is C15H11Br2ClN2O2. The fraction of sp³-hybridized carbons (Fsp3) is 0.200.